The molecule has 5 nitrogen and oxygen atoms in total. The van der Waals surface area contributed by atoms with Gasteiger partial charge in [0.2, 0.25) is 0 Å². The van der Waals surface area contributed by atoms with Crippen molar-refractivity contribution in [3.63, 3.8) is 0 Å². The zero-order chi connectivity index (χ0) is 15.2. The van der Waals surface area contributed by atoms with Gasteiger partial charge in [-0.25, -0.2) is 4.79 Å². The van der Waals surface area contributed by atoms with E-state index < -0.39 is 5.97 Å². The van der Waals surface area contributed by atoms with E-state index in [-0.39, 0.29) is 5.57 Å². The van der Waals surface area contributed by atoms with E-state index in [0.29, 0.717) is 11.3 Å². The van der Waals surface area contributed by atoms with Crippen LogP contribution in [0.1, 0.15) is 10.4 Å². The Morgan fingerprint density at radius 3 is 2.67 bits per heavy atom. The van der Waals surface area contributed by atoms with Gasteiger partial charge in [0, 0.05) is 11.9 Å². The molecule has 5 heteroatoms. The van der Waals surface area contributed by atoms with Crippen LogP contribution in [0.4, 0.5) is 5.69 Å². The minimum Gasteiger partial charge on any atom is -0.465 e. The van der Waals surface area contributed by atoms with Crippen molar-refractivity contribution in [3.05, 3.63) is 53.7 Å². The molecule has 0 radical (unpaired) electrons. The Bertz CT molecular complexity index is 794. The zero-order valence-corrected chi connectivity index (χ0v) is 11.3. The summed E-state index contributed by atoms with van der Waals surface area (Å²) in [5, 5.41) is 21.8. The van der Waals surface area contributed by atoms with Crippen molar-refractivity contribution in [1.82, 2.24) is 0 Å². The number of nitrogens with one attached hydrogen (secondary N) is 1. The molecule has 0 unspecified atom stereocenters. The fourth-order valence-corrected chi connectivity index (χ4v) is 1.91. The predicted octanol–water partition coefficient (Wildman–Crippen LogP) is 2.97. The Labute approximate surface area is 121 Å². The van der Waals surface area contributed by atoms with Gasteiger partial charge in [0.1, 0.15) is 17.7 Å². The van der Waals surface area contributed by atoms with Gasteiger partial charge < -0.3 is 10.1 Å². The maximum absolute atomic E-state index is 11.7. The number of hydrogen-bond donors (Lipinski definition) is 1. The van der Waals surface area contributed by atoms with Crippen LogP contribution in [0.25, 0.3) is 10.8 Å². The number of esters is 1. The normalized spacial score (nSPS) is 9.29. The Balaban J connectivity index is 2.41. The molecule has 2 aromatic rings. The molecule has 21 heavy (non-hydrogen) atoms. The number of nitriles is 2. The van der Waals surface area contributed by atoms with Gasteiger partial charge in [-0.2, -0.15) is 10.5 Å². The number of carbonyl (C=O) groups is 1. The highest BCUT2D eigenvalue weighted by Gasteiger charge is 2.09. The molecule has 0 fully saturated rings. The van der Waals surface area contributed by atoms with Crippen LogP contribution in [0.2, 0.25) is 0 Å². The lowest BCUT2D eigenvalue weighted by atomic mass is 10.0. The molecule has 0 saturated carbocycles. The van der Waals surface area contributed by atoms with Crippen LogP contribution in [0, 0.1) is 22.7 Å². The summed E-state index contributed by atoms with van der Waals surface area (Å²) < 4.78 is 4.75. The van der Waals surface area contributed by atoms with E-state index in [2.05, 4.69) is 5.32 Å². The number of rotatable bonds is 3. The summed E-state index contributed by atoms with van der Waals surface area (Å²) in [4.78, 5) is 11.7. The molecule has 0 aromatic heterocycles. The van der Waals surface area contributed by atoms with Crippen molar-refractivity contribution < 1.29 is 9.53 Å². The molecule has 0 heterocycles. The second-order valence-electron chi connectivity index (χ2n) is 4.16. The zero-order valence-electron chi connectivity index (χ0n) is 11.3. The van der Waals surface area contributed by atoms with E-state index in [4.69, 9.17) is 15.3 Å². The van der Waals surface area contributed by atoms with E-state index >= 15 is 0 Å². The van der Waals surface area contributed by atoms with Gasteiger partial charge in [-0.1, -0.05) is 18.2 Å². The van der Waals surface area contributed by atoms with Gasteiger partial charge in [0.25, 0.3) is 0 Å². The van der Waals surface area contributed by atoms with Crippen LogP contribution < -0.4 is 5.32 Å². The number of allylic oxidation sites excluding steroid dienone is 1. The van der Waals surface area contributed by atoms with Gasteiger partial charge >= 0.3 is 5.97 Å². The number of anilines is 1. The van der Waals surface area contributed by atoms with Crippen LogP contribution in [0.5, 0.6) is 0 Å². The summed E-state index contributed by atoms with van der Waals surface area (Å²) in [5.74, 6) is -0.391. The van der Waals surface area contributed by atoms with Crippen molar-refractivity contribution in [1.29, 1.82) is 10.5 Å². The number of fused-ring (bicyclic) bond motifs is 1. The Morgan fingerprint density at radius 2 is 2.00 bits per heavy atom. The number of ether oxygens (including phenoxy) is 1. The first-order valence-corrected chi connectivity index (χ1v) is 6.07. The Kier molecular flexibility index (Phi) is 4.18. The molecule has 102 valence electrons. The predicted molar refractivity (Wildman–Crippen MR) is 78.2 cm³/mol. The summed E-state index contributed by atoms with van der Waals surface area (Å²) >= 11 is 0. The highest BCUT2D eigenvalue weighted by atomic mass is 16.5. The van der Waals surface area contributed by atoms with Gasteiger partial charge in [-0.3, -0.25) is 0 Å². The van der Waals surface area contributed by atoms with Gasteiger partial charge in [-0.15, -0.1) is 0 Å². The first kappa shape index (κ1) is 14.1. The van der Waals surface area contributed by atoms with E-state index in [9.17, 15) is 4.79 Å². The average Bonchev–Trinajstić information content (AvgIpc) is 2.54. The quantitative estimate of drug-likeness (QED) is 0.688. The second kappa shape index (κ2) is 6.23. The maximum atomic E-state index is 11.7. The minimum absolute atomic E-state index is 0.0154. The van der Waals surface area contributed by atoms with Crippen LogP contribution in [0.3, 0.4) is 0 Å². The molecule has 0 saturated heterocycles. The fourth-order valence-electron chi connectivity index (χ4n) is 1.91. The van der Waals surface area contributed by atoms with Gasteiger partial charge in [0.05, 0.1) is 12.7 Å². The first-order valence-electron chi connectivity index (χ1n) is 6.07. The van der Waals surface area contributed by atoms with E-state index in [1.165, 1.54) is 13.3 Å². The molecule has 0 spiro atoms. The van der Waals surface area contributed by atoms with Crippen LogP contribution >= 0.6 is 0 Å². The van der Waals surface area contributed by atoms with E-state index in [1.807, 2.05) is 12.1 Å². The lowest BCUT2D eigenvalue weighted by Crippen LogP contribution is -2.01. The van der Waals surface area contributed by atoms with E-state index in [0.717, 1.165) is 10.8 Å². The summed E-state index contributed by atoms with van der Waals surface area (Å²) in [6.07, 6.45) is 1.34. The van der Waals surface area contributed by atoms with Crippen molar-refractivity contribution in [3.8, 4) is 12.1 Å². The molecule has 0 amide bonds. The summed E-state index contributed by atoms with van der Waals surface area (Å²) in [7, 11) is 1.34. The SMILES string of the molecule is COC(=O)c1cccc2cc(NC=C(C#N)C#N)ccc12. The van der Waals surface area contributed by atoms with Crippen LogP contribution in [-0.2, 0) is 4.74 Å². The molecule has 1 N–H and O–H groups in total. The standard InChI is InChI=1S/C16H11N3O2/c1-21-16(20)15-4-2-3-12-7-13(5-6-14(12)15)19-10-11(8-17)9-18/h2-7,10,19H,1H3. The topological polar surface area (TPSA) is 85.9 Å². The highest BCUT2D eigenvalue weighted by molar-refractivity contribution is 6.05. The summed E-state index contributed by atoms with van der Waals surface area (Å²) in [6.45, 7) is 0. The van der Waals surface area contributed by atoms with Crippen molar-refractivity contribution in [2.45, 2.75) is 0 Å². The summed E-state index contributed by atoms with van der Waals surface area (Å²) in [5.41, 5.74) is 1.19. The van der Waals surface area contributed by atoms with Gasteiger partial charge in [-0.05, 0) is 29.0 Å². The van der Waals surface area contributed by atoms with Crippen molar-refractivity contribution in [2.24, 2.45) is 0 Å². The third-order valence-corrected chi connectivity index (χ3v) is 2.91. The first-order chi connectivity index (χ1) is 10.2. The smallest absolute Gasteiger partial charge is 0.338 e. The van der Waals surface area contributed by atoms with E-state index in [1.54, 1.807) is 36.4 Å². The Hall–Kier alpha value is -3.31. The molecule has 0 aliphatic carbocycles. The largest absolute Gasteiger partial charge is 0.465 e. The average molecular weight is 277 g/mol. The molecule has 0 atom stereocenters. The lowest BCUT2D eigenvalue weighted by Gasteiger charge is -2.07. The monoisotopic (exact) mass is 277 g/mol. The minimum atomic E-state index is -0.391. The molecule has 2 rings (SSSR count). The number of methoxy groups -OCH3 is 1. The summed E-state index contributed by atoms with van der Waals surface area (Å²) in [6, 6.07) is 14.2. The van der Waals surface area contributed by atoms with Crippen LogP contribution in [0.15, 0.2) is 48.2 Å². The number of benzene rings is 2. The third-order valence-electron chi connectivity index (χ3n) is 2.91. The molecular formula is C16H11N3O2. The van der Waals surface area contributed by atoms with Crippen molar-refractivity contribution in [2.75, 3.05) is 12.4 Å². The third kappa shape index (κ3) is 2.99. The molecule has 0 aliphatic heterocycles. The molecule has 0 aliphatic rings. The molecular weight excluding hydrogens is 266 g/mol. The lowest BCUT2D eigenvalue weighted by molar-refractivity contribution is 0.0603. The maximum Gasteiger partial charge on any atom is 0.338 e. The molecule has 0 bridgehead atoms. The fraction of sp³-hybridized carbons (Fsp3) is 0.0625. The second-order valence-corrected chi connectivity index (χ2v) is 4.16. The highest BCUT2D eigenvalue weighted by Crippen LogP contribution is 2.23. The van der Waals surface area contributed by atoms with Crippen LogP contribution in [-0.4, -0.2) is 13.1 Å². The molecule has 2 aromatic carbocycles. The van der Waals surface area contributed by atoms with Gasteiger partial charge in [0.15, 0.2) is 0 Å². The number of carbonyl (C=O) groups excluding carboxylic acids is 1. The Morgan fingerprint density at radius 1 is 1.24 bits per heavy atom. The van der Waals surface area contributed by atoms with Crippen molar-refractivity contribution >= 4 is 22.4 Å². The number of hydrogen-bond acceptors (Lipinski definition) is 5. The number of nitrogens with zero attached hydrogens (tertiary/aromatic N) is 2.